The predicted octanol–water partition coefficient (Wildman–Crippen LogP) is 1.52. The van der Waals surface area contributed by atoms with Crippen LogP contribution in [0, 0.1) is 10.1 Å². The highest BCUT2D eigenvalue weighted by atomic mass is 16.6. The minimum Gasteiger partial charge on any atom is -0.379 e. The van der Waals surface area contributed by atoms with Gasteiger partial charge >= 0.3 is 0 Å². The number of nitrogens with zero attached hydrogens (tertiary/aromatic N) is 5. The molecule has 1 heterocycles. The van der Waals surface area contributed by atoms with E-state index in [9.17, 15) is 14.9 Å². The molecule has 1 N–H and O–H groups in total. The van der Waals surface area contributed by atoms with Gasteiger partial charge in [-0.1, -0.05) is 6.08 Å². The number of benzene rings is 1. The summed E-state index contributed by atoms with van der Waals surface area (Å²) in [6.07, 6.45) is 6.76. The van der Waals surface area contributed by atoms with Gasteiger partial charge in [0.05, 0.1) is 10.6 Å². The van der Waals surface area contributed by atoms with E-state index in [1.165, 1.54) is 23.2 Å². The molecule has 2 aromatic rings. The number of hydrogen-bond acceptors (Lipinski definition) is 7. The Balaban J connectivity index is 2.06. The van der Waals surface area contributed by atoms with E-state index in [2.05, 4.69) is 20.8 Å². The summed E-state index contributed by atoms with van der Waals surface area (Å²) in [6.45, 7) is 0.564. The van der Waals surface area contributed by atoms with Crippen LogP contribution in [0.4, 0.5) is 11.4 Å². The summed E-state index contributed by atoms with van der Waals surface area (Å²) >= 11 is 0. The molecule has 0 fully saturated rings. The average molecular weight is 302 g/mol. The number of tetrazole rings is 1. The first-order valence-corrected chi connectivity index (χ1v) is 6.58. The maximum Gasteiger partial charge on any atom is 0.294 e. The van der Waals surface area contributed by atoms with Crippen molar-refractivity contribution < 1.29 is 9.72 Å². The molecule has 0 unspecified atom stereocenters. The fraction of sp³-hybridized carbons (Fsp3) is 0.231. The van der Waals surface area contributed by atoms with Crippen molar-refractivity contribution in [1.82, 2.24) is 20.2 Å². The minimum absolute atomic E-state index is 0.0450. The second-order valence-electron chi connectivity index (χ2n) is 4.35. The monoisotopic (exact) mass is 302 g/mol. The SMILES string of the molecule is O=C/C=C/CCCNc1ccc(-n2cnnn2)cc1[N+](=O)[O-]. The highest BCUT2D eigenvalue weighted by Gasteiger charge is 2.15. The quantitative estimate of drug-likeness (QED) is 0.258. The Bertz CT molecular complexity index is 668. The van der Waals surface area contributed by atoms with Gasteiger partial charge in [-0.25, -0.2) is 4.68 Å². The zero-order valence-electron chi connectivity index (χ0n) is 11.6. The molecular formula is C13H14N6O3. The topological polar surface area (TPSA) is 116 Å². The number of allylic oxidation sites excluding steroid dienone is 2. The van der Waals surface area contributed by atoms with Gasteiger partial charge in [-0.2, -0.15) is 0 Å². The van der Waals surface area contributed by atoms with Gasteiger partial charge in [0.1, 0.15) is 18.3 Å². The number of carbonyl (C=O) groups excluding carboxylic acids is 1. The normalized spacial score (nSPS) is 10.7. The molecule has 0 saturated carbocycles. The number of unbranched alkanes of at least 4 members (excludes halogenated alkanes) is 1. The zero-order valence-corrected chi connectivity index (χ0v) is 11.6. The molecule has 2 rings (SSSR count). The van der Waals surface area contributed by atoms with E-state index < -0.39 is 4.92 Å². The molecule has 9 heteroatoms. The van der Waals surface area contributed by atoms with Gasteiger partial charge in [0.25, 0.3) is 5.69 Å². The Morgan fingerprint density at radius 3 is 2.95 bits per heavy atom. The largest absolute Gasteiger partial charge is 0.379 e. The smallest absolute Gasteiger partial charge is 0.294 e. The van der Waals surface area contributed by atoms with Crippen LogP contribution in [0.15, 0.2) is 36.7 Å². The van der Waals surface area contributed by atoms with Crippen LogP contribution in [0.3, 0.4) is 0 Å². The van der Waals surface area contributed by atoms with Crippen LogP contribution < -0.4 is 5.32 Å². The summed E-state index contributed by atoms with van der Waals surface area (Å²) in [5.74, 6) is 0. The Labute approximate surface area is 125 Å². The summed E-state index contributed by atoms with van der Waals surface area (Å²) < 4.78 is 1.35. The van der Waals surface area contributed by atoms with Crippen LogP contribution in [0.5, 0.6) is 0 Å². The van der Waals surface area contributed by atoms with E-state index in [0.29, 0.717) is 17.9 Å². The number of hydrogen-bond donors (Lipinski definition) is 1. The third kappa shape index (κ3) is 3.95. The van der Waals surface area contributed by atoms with Crippen molar-refractivity contribution in [3.8, 4) is 5.69 Å². The lowest BCUT2D eigenvalue weighted by Gasteiger charge is -2.07. The Morgan fingerprint density at radius 2 is 2.27 bits per heavy atom. The lowest BCUT2D eigenvalue weighted by Crippen LogP contribution is -2.05. The molecule has 0 aliphatic carbocycles. The maximum atomic E-state index is 11.2. The van der Waals surface area contributed by atoms with Gasteiger partial charge in [-0.15, -0.1) is 5.10 Å². The number of carbonyl (C=O) groups is 1. The summed E-state index contributed by atoms with van der Waals surface area (Å²) in [5.41, 5.74) is 0.897. The van der Waals surface area contributed by atoms with Crippen molar-refractivity contribution in [3.05, 3.63) is 46.8 Å². The summed E-state index contributed by atoms with van der Waals surface area (Å²) in [6, 6.07) is 4.72. The van der Waals surface area contributed by atoms with Crippen LogP contribution in [0.1, 0.15) is 12.8 Å². The molecule has 1 aromatic carbocycles. The third-order valence-corrected chi connectivity index (χ3v) is 2.87. The molecule has 114 valence electrons. The molecule has 22 heavy (non-hydrogen) atoms. The van der Waals surface area contributed by atoms with Crippen molar-refractivity contribution in [2.24, 2.45) is 0 Å². The number of nitrogens with one attached hydrogen (secondary N) is 1. The van der Waals surface area contributed by atoms with E-state index >= 15 is 0 Å². The molecule has 0 atom stereocenters. The van der Waals surface area contributed by atoms with E-state index in [1.807, 2.05) is 0 Å². The number of aldehydes is 1. The number of rotatable bonds is 8. The first kappa shape index (κ1) is 15.3. The second-order valence-corrected chi connectivity index (χ2v) is 4.35. The van der Waals surface area contributed by atoms with Crippen LogP contribution >= 0.6 is 0 Å². The first-order chi connectivity index (χ1) is 10.7. The fourth-order valence-electron chi connectivity index (χ4n) is 1.84. The van der Waals surface area contributed by atoms with Gasteiger partial charge in [0.15, 0.2) is 0 Å². The Kier molecular flexibility index (Phi) is 5.30. The molecule has 0 aliphatic rings. The van der Waals surface area contributed by atoms with Crippen molar-refractivity contribution >= 4 is 17.7 Å². The van der Waals surface area contributed by atoms with Crippen LogP contribution in [-0.2, 0) is 4.79 Å². The van der Waals surface area contributed by atoms with Crippen LogP contribution in [0.2, 0.25) is 0 Å². The standard InChI is InChI=1S/C13H14N6O3/c20-8-4-2-1-3-7-14-12-6-5-11(9-13(12)19(21)22)18-10-15-16-17-18/h2,4-6,8-10,14H,1,3,7H2/b4-2+. The van der Waals surface area contributed by atoms with Crippen molar-refractivity contribution in [1.29, 1.82) is 0 Å². The molecule has 0 aliphatic heterocycles. The van der Waals surface area contributed by atoms with E-state index in [-0.39, 0.29) is 5.69 Å². The van der Waals surface area contributed by atoms with Gasteiger partial charge < -0.3 is 5.32 Å². The van der Waals surface area contributed by atoms with Gasteiger partial charge in [-0.05, 0) is 41.5 Å². The lowest BCUT2D eigenvalue weighted by molar-refractivity contribution is -0.383. The number of anilines is 1. The lowest BCUT2D eigenvalue weighted by atomic mass is 10.2. The van der Waals surface area contributed by atoms with Crippen molar-refractivity contribution in [2.75, 3.05) is 11.9 Å². The molecule has 9 nitrogen and oxygen atoms in total. The molecular weight excluding hydrogens is 288 g/mol. The summed E-state index contributed by atoms with van der Waals surface area (Å²) in [4.78, 5) is 20.8. The van der Waals surface area contributed by atoms with Crippen LogP contribution in [0.25, 0.3) is 5.69 Å². The Morgan fingerprint density at radius 1 is 1.41 bits per heavy atom. The van der Waals surface area contributed by atoms with E-state index in [4.69, 9.17) is 0 Å². The number of aromatic nitrogens is 4. The number of nitro benzene ring substituents is 1. The third-order valence-electron chi connectivity index (χ3n) is 2.87. The van der Waals surface area contributed by atoms with Gasteiger partial charge in [0, 0.05) is 12.6 Å². The Hall–Kier alpha value is -3.10. The van der Waals surface area contributed by atoms with E-state index in [0.717, 1.165) is 19.1 Å². The first-order valence-electron chi connectivity index (χ1n) is 6.58. The summed E-state index contributed by atoms with van der Waals surface area (Å²) in [7, 11) is 0. The number of nitro groups is 1. The van der Waals surface area contributed by atoms with Crippen molar-refractivity contribution in [3.63, 3.8) is 0 Å². The molecule has 0 spiro atoms. The minimum atomic E-state index is -0.456. The van der Waals surface area contributed by atoms with Gasteiger partial charge in [0.2, 0.25) is 0 Å². The highest BCUT2D eigenvalue weighted by molar-refractivity contribution is 5.65. The van der Waals surface area contributed by atoms with Gasteiger partial charge in [-0.3, -0.25) is 14.9 Å². The molecule has 0 radical (unpaired) electrons. The predicted molar refractivity (Wildman–Crippen MR) is 78.7 cm³/mol. The second kappa shape index (κ2) is 7.62. The molecule has 1 aromatic heterocycles. The summed E-state index contributed by atoms with van der Waals surface area (Å²) in [5, 5.41) is 24.9. The van der Waals surface area contributed by atoms with Crippen LogP contribution in [-0.4, -0.2) is 38.0 Å². The van der Waals surface area contributed by atoms with Crippen molar-refractivity contribution in [2.45, 2.75) is 12.8 Å². The molecule has 0 amide bonds. The zero-order chi connectivity index (χ0) is 15.8. The fourth-order valence-corrected chi connectivity index (χ4v) is 1.84. The van der Waals surface area contributed by atoms with E-state index in [1.54, 1.807) is 18.2 Å². The molecule has 0 bridgehead atoms. The average Bonchev–Trinajstić information content (AvgIpc) is 3.05. The maximum absolute atomic E-state index is 11.2. The molecule has 0 saturated heterocycles. The highest BCUT2D eigenvalue weighted by Crippen LogP contribution is 2.26.